The van der Waals surface area contributed by atoms with Gasteiger partial charge in [0.15, 0.2) is 5.82 Å². The minimum atomic E-state index is -0.260. The zero-order valence-corrected chi connectivity index (χ0v) is 12.8. The molecule has 0 radical (unpaired) electrons. The van der Waals surface area contributed by atoms with Crippen LogP contribution in [-0.4, -0.2) is 9.55 Å². The highest BCUT2D eigenvalue weighted by Gasteiger charge is 2.27. The topological polar surface area (TPSA) is 43.8 Å². The van der Waals surface area contributed by atoms with Gasteiger partial charge in [0.2, 0.25) is 0 Å². The Morgan fingerprint density at radius 3 is 2.62 bits per heavy atom. The third-order valence-corrected chi connectivity index (χ3v) is 4.67. The monoisotopic (exact) mass is 289 g/mol. The van der Waals surface area contributed by atoms with Gasteiger partial charge in [-0.05, 0) is 44.7 Å². The van der Waals surface area contributed by atoms with Crippen molar-refractivity contribution in [3.05, 3.63) is 29.8 Å². The molecule has 0 spiro atoms. The molecule has 3 nitrogen and oxygen atoms in total. The van der Waals surface area contributed by atoms with Crippen LogP contribution in [0.3, 0.4) is 0 Å². The molecule has 1 atom stereocenters. The first-order valence-electron chi connectivity index (χ1n) is 8.01. The Balaban J connectivity index is 2.08. The summed E-state index contributed by atoms with van der Waals surface area (Å²) in [5.41, 5.74) is 7.82. The molecule has 0 saturated heterocycles. The largest absolute Gasteiger partial charge is 0.324 e. The molecule has 4 heteroatoms. The summed E-state index contributed by atoms with van der Waals surface area (Å²) in [4.78, 5) is 4.57. The van der Waals surface area contributed by atoms with Gasteiger partial charge in [0.1, 0.15) is 11.3 Å². The van der Waals surface area contributed by atoms with Crippen molar-refractivity contribution in [3.63, 3.8) is 0 Å². The number of nitrogens with zero attached hydrogens (tertiary/aromatic N) is 2. The van der Waals surface area contributed by atoms with E-state index in [9.17, 15) is 4.39 Å². The molecule has 0 aliphatic heterocycles. The highest BCUT2D eigenvalue weighted by atomic mass is 19.1. The maximum Gasteiger partial charge on any atom is 0.151 e. The van der Waals surface area contributed by atoms with Gasteiger partial charge < -0.3 is 10.3 Å². The molecule has 3 rings (SSSR count). The lowest BCUT2D eigenvalue weighted by atomic mass is 9.84. The minimum absolute atomic E-state index is 0.0977. The summed E-state index contributed by atoms with van der Waals surface area (Å²) in [5, 5.41) is 0. The fraction of sp³-hybridized carbons (Fsp3) is 0.588. The number of fused-ring (bicyclic) bond motifs is 1. The van der Waals surface area contributed by atoms with Gasteiger partial charge in [0.25, 0.3) is 0 Å². The number of hydrogen-bond donors (Lipinski definition) is 1. The maximum atomic E-state index is 14.0. The van der Waals surface area contributed by atoms with Gasteiger partial charge in [-0.15, -0.1) is 0 Å². The smallest absolute Gasteiger partial charge is 0.151 e. The molecule has 1 heterocycles. The molecule has 0 amide bonds. The quantitative estimate of drug-likeness (QED) is 0.913. The SMILES string of the molecule is CC(C)n1c(C(N)C2CCCCC2)nc2c(F)cccc21. The van der Waals surface area contributed by atoms with Crippen LogP contribution in [0.15, 0.2) is 18.2 Å². The Kier molecular flexibility index (Phi) is 3.98. The number of hydrogen-bond acceptors (Lipinski definition) is 2. The van der Waals surface area contributed by atoms with Crippen molar-refractivity contribution in [3.8, 4) is 0 Å². The zero-order valence-electron chi connectivity index (χ0n) is 12.8. The highest BCUT2D eigenvalue weighted by Crippen LogP contribution is 2.35. The minimum Gasteiger partial charge on any atom is -0.324 e. The van der Waals surface area contributed by atoms with Gasteiger partial charge >= 0.3 is 0 Å². The molecule has 1 aliphatic rings. The van der Waals surface area contributed by atoms with Crippen molar-refractivity contribution in [1.29, 1.82) is 0 Å². The van der Waals surface area contributed by atoms with E-state index in [-0.39, 0.29) is 17.9 Å². The van der Waals surface area contributed by atoms with Crippen LogP contribution in [0.25, 0.3) is 11.0 Å². The lowest BCUT2D eigenvalue weighted by molar-refractivity contribution is 0.294. The summed E-state index contributed by atoms with van der Waals surface area (Å²) in [5.74, 6) is 1.05. The van der Waals surface area contributed by atoms with E-state index >= 15 is 0 Å². The molecule has 1 unspecified atom stereocenters. The van der Waals surface area contributed by atoms with E-state index in [2.05, 4.69) is 23.4 Å². The Morgan fingerprint density at radius 1 is 1.24 bits per heavy atom. The van der Waals surface area contributed by atoms with Crippen molar-refractivity contribution in [2.45, 2.75) is 58.0 Å². The van der Waals surface area contributed by atoms with E-state index in [1.165, 1.54) is 25.3 Å². The van der Waals surface area contributed by atoms with Crippen molar-refractivity contribution >= 4 is 11.0 Å². The van der Waals surface area contributed by atoms with Crippen LogP contribution in [0.5, 0.6) is 0 Å². The second-order valence-corrected chi connectivity index (χ2v) is 6.47. The molecule has 21 heavy (non-hydrogen) atoms. The number of imidazole rings is 1. The number of rotatable bonds is 3. The maximum absolute atomic E-state index is 14.0. The van der Waals surface area contributed by atoms with E-state index in [4.69, 9.17) is 5.73 Å². The first kappa shape index (κ1) is 14.5. The molecule has 1 aromatic carbocycles. The predicted molar refractivity (Wildman–Crippen MR) is 83.6 cm³/mol. The molecule has 1 fully saturated rings. The molecule has 1 saturated carbocycles. The predicted octanol–water partition coefficient (Wildman–Crippen LogP) is 4.34. The molecular weight excluding hydrogens is 265 g/mol. The Bertz CT molecular complexity index is 626. The van der Waals surface area contributed by atoms with Crippen molar-refractivity contribution in [1.82, 2.24) is 9.55 Å². The van der Waals surface area contributed by atoms with Gasteiger partial charge in [-0.2, -0.15) is 0 Å². The van der Waals surface area contributed by atoms with Crippen LogP contribution in [-0.2, 0) is 0 Å². The fourth-order valence-electron chi connectivity index (χ4n) is 3.58. The number of aromatic nitrogens is 2. The normalized spacial score (nSPS) is 18.5. The van der Waals surface area contributed by atoms with E-state index in [1.54, 1.807) is 6.07 Å². The first-order chi connectivity index (χ1) is 10.1. The summed E-state index contributed by atoms with van der Waals surface area (Å²) in [6.45, 7) is 4.20. The second kappa shape index (κ2) is 5.76. The summed E-state index contributed by atoms with van der Waals surface area (Å²) in [7, 11) is 0. The van der Waals surface area contributed by atoms with Crippen molar-refractivity contribution in [2.75, 3.05) is 0 Å². The number of halogens is 1. The number of nitrogens with two attached hydrogens (primary N) is 1. The third-order valence-electron chi connectivity index (χ3n) is 4.67. The Labute approximate surface area is 125 Å². The fourth-order valence-corrected chi connectivity index (χ4v) is 3.58. The Morgan fingerprint density at radius 2 is 1.95 bits per heavy atom. The average Bonchev–Trinajstić information content (AvgIpc) is 2.88. The molecular formula is C17H24FN3. The lowest BCUT2D eigenvalue weighted by Gasteiger charge is -2.28. The van der Waals surface area contributed by atoms with Crippen LogP contribution < -0.4 is 5.73 Å². The molecule has 1 aromatic heterocycles. The van der Waals surface area contributed by atoms with Crippen LogP contribution >= 0.6 is 0 Å². The van der Waals surface area contributed by atoms with Gasteiger partial charge in [-0.1, -0.05) is 25.3 Å². The number of para-hydroxylation sites is 1. The summed E-state index contributed by atoms with van der Waals surface area (Å²) in [6.07, 6.45) is 6.11. The van der Waals surface area contributed by atoms with Crippen LogP contribution in [0.2, 0.25) is 0 Å². The summed E-state index contributed by atoms with van der Waals surface area (Å²) in [6, 6.07) is 5.27. The molecule has 114 valence electrons. The van der Waals surface area contributed by atoms with Crippen LogP contribution in [0.1, 0.15) is 63.9 Å². The van der Waals surface area contributed by atoms with E-state index in [1.807, 2.05) is 6.07 Å². The van der Waals surface area contributed by atoms with Gasteiger partial charge in [0.05, 0.1) is 11.6 Å². The highest BCUT2D eigenvalue weighted by molar-refractivity contribution is 5.77. The van der Waals surface area contributed by atoms with Gasteiger partial charge in [0, 0.05) is 6.04 Å². The second-order valence-electron chi connectivity index (χ2n) is 6.47. The van der Waals surface area contributed by atoms with Crippen LogP contribution in [0.4, 0.5) is 4.39 Å². The lowest BCUT2D eigenvalue weighted by Crippen LogP contribution is -2.27. The standard InChI is InChI=1S/C17H24FN3/c1-11(2)21-14-10-6-9-13(18)16(14)20-17(21)15(19)12-7-4-3-5-8-12/h6,9-12,15H,3-5,7-8,19H2,1-2H3. The Hall–Kier alpha value is -1.42. The zero-order chi connectivity index (χ0) is 15.0. The molecule has 1 aliphatic carbocycles. The van der Waals surface area contributed by atoms with Gasteiger partial charge in [-0.25, -0.2) is 9.37 Å². The van der Waals surface area contributed by atoms with Crippen molar-refractivity contribution < 1.29 is 4.39 Å². The molecule has 2 N–H and O–H groups in total. The van der Waals surface area contributed by atoms with Crippen LogP contribution in [0, 0.1) is 11.7 Å². The first-order valence-corrected chi connectivity index (χ1v) is 8.01. The number of benzene rings is 1. The van der Waals surface area contributed by atoms with E-state index in [0.29, 0.717) is 11.4 Å². The van der Waals surface area contributed by atoms with Gasteiger partial charge in [-0.3, -0.25) is 0 Å². The van der Waals surface area contributed by atoms with E-state index in [0.717, 1.165) is 24.2 Å². The molecule has 2 aromatic rings. The summed E-state index contributed by atoms with van der Waals surface area (Å²) >= 11 is 0. The van der Waals surface area contributed by atoms with Crippen molar-refractivity contribution in [2.24, 2.45) is 11.7 Å². The van der Waals surface area contributed by atoms with E-state index < -0.39 is 0 Å². The molecule has 0 bridgehead atoms. The third kappa shape index (κ3) is 2.57. The average molecular weight is 289 g/mol. The summed E-state index contributed by atoms with van der Waals surface area (Å²) < 4.78 is 16.1.